The highest BCUT2D eigenvalue weighted by Gasteiger charge is 2.62. The number of amides is 1. The molecule has 0 bridgehead atoms. The van der Waals surface area contributed by atoms with E-state index >= 15 is 4.39 Å². The summed E-state index contributed by atoms with van der Waals surface area (Å²) in [6.45, 7) is 2.87. The summed E-state index contributed by atoms with van der Waals surface area (Å²) in [5.74, 6) is -4.33. The van der Waals surface area contributed by atoms with Gasteiger partial charge >= 0.3 is 0 Å². The monoisotopic (exact) mass is 658 g/mol. The Morgan fingerprint density at radius 3 is 2.48 bits per heavy atom. The Morgan fingerprint density at radius 1 is 1.09 bits per heavy atom. The molecule has 4 atom stereocenters. The molecule has 1 aromatic heterocycles. The molecule has 46 heavy (non-hydrogen) atoms. The van der Waals surface area contributed by atoms with Crippen LogP contribution in [0.1, 0.15) is 43.2 Å². The lowest BCUT2D eigenvalue weighted by atomic mass is 9.88. The van der Waals surface area contributed by atoms with Gasteiger partial charge in [-0.25, -0.2) is 26.0 Å². The van der Waals surface area contributed by atoms with E-state index in [0.717, 1.165) is 18.2 Å². The van der Waals surface area contributed by atoms with E-state index in [0.29, 0.717) is 30.8 Å². The van der Waals surface area contributed by atoms with E-state index < -0.39 is 56.7 Å². The molecular formula is C32H34F4N6O3S. The highest BCUT2D eigenvalue weighted by molar-refractivity contribution is 7.89. The lowest BCUT2D eigenvalue weighted by Crippen LogP contribution is -2.56. The molecule has 2 aliphatic heterocycles. The summed E-state index contributed by atoms with van der Waals surface area (Å²) in [6, 6.07) is 7.77. The maximum Gasteiger partial charge on any atom is 0.246 e. The van der Waals surface area contributed by atoms with Gasteiger partial charge in [-0.2, -0.15) is 9.40 Å². The zero-order chi connectivity index (χ0) is 32.8. The van der Waals surface area contributed by atoms with E-state index in [2.05, 4.69) is 21.0 Å². The Bertz CT molecular complexity index is 1810. The van der Waals surface area contributed by atoms with Crippen LogP contribution >= 0.6 is 0 Å². The van der Waals surface area contributed by atoms with Crippen molar-refractivity contribution in [1.29, 1.82) is 0 Å². The fraction of sp³-hybridized carbons (Fsp3) is 0.375. The Labute approximate surface area is 264 Å². The van der Waals surface area contributed by atoms with E-state index in [1.165, 1.54) is 51.8 Å². The first-order chi connectivity index (χ1) is 21.9. The van der Waals surface area contributed by atoms with Crippen LogP contribution in [0.3, 0.4) is 0 Å². The summed E-state index contributed by atoms with van der Waals surface area (Å²) < 4.78 is 87.7. The average Bonchev–Trinajstić information content (AvgIpc) is 3.45. The molecule has 6 rings (SSSR count). The van der Waals surface area contributed by atoms with Gasteiger partial charge in [0.05, 0.1) is 17.8 Å². The van der Waals surface area contributed by atoms with Crippen molar-refractivity contribution in [2.45, 2.75) is 48.6 Å². The number of carbonyl (C=O) groups is 1. The van der Waals surface area contributed by atoms with Crippen molar-refractivity contribution in [2.24, 2.45) is 13.0 Å². The number of allylic oxidation sites excluding steroid dienone is 2. The highest BCUT2D eigenvalue weighted by atomic mass is 32.2. The molecule has 2 fully saturated rings. The van der Waals surface area contributed by atoms with Crippen LogP contribution in [0.4, 0.5) is 17.6 Å². The second kappa shape index (κ2) is 12.3. The van der Waals surface area contributed by atoms with E-state index in [4.69, 9.17) is 0 Å². The smallest absolute Gasteiger partial charge is 0.246 e. The van der Waals surface area contributed by atoms with Crippen LogP contribution in [0.15, 0.2) is 83.1 Å². The van der Waals surface area contributed by atoms with Gasteiger partial charge in [0.15, 0.2) is 0 Å². The van der Waals surface area contributed by atoms with Crippen molar-refractivity contribution in [2.75, 3.05) is 19.6 Å². The molecule has 3 heterocycles. The minimum atomic E-state index is -3.87. The highest BCUT2D eigenvalue weighted by Crippen LogP contribution is 2.55. The molecule has 2 aromatic carbocycles. The van der Waals surface area contributed by atoms with Gasteiger partial charge in [-0.15, -0.1) is 0 Å². The van der Waals surface area contributed by atoms with Gasteiger partial charge in [0.2, 0.25) is 15.9 Å². The van der Waals surface area contributed by atoms with Crippen LogP contribution in [-0.4, -0.2) is 59.6 Å². The lowest BCUT2D eigenvalue weighted by molar-refractivity contribution is -0.120. The largest absolute Gasteiger partial charge is 0.381 e. The van der Waals surface area contributed by atoms with Crippen molar-refractivity contribution in [3.05, 3.63) is 107 Å². The number of hydrogen-bond acceptors (Lipinski definition) is 6. The standard InChI is InChI=1S/C32H34F4N6O3S/c1-19-31(40-30(43)13-27(20-3-5-23(33)6-4-20)21-9-24(34)12-25(35)10-21)28(29(36)16-38-19)11-22-14-32(22)18-37-7-8-42(32)46(44,45)26-15-39-41(2)17-26/h3-6,9-10,12,15-17,19,22,27,37-38H,7-8,11,13-14,18H2,1-2H3,(H,40,43)/t19?,22-,27+,32+/m1/s1. The summed E-state index contributed by atoms with van der Waals surface area (Å²) in [5.41, 5.74) is 0.436. The van der Waals surface area contributed by atoms with Crippen LogP contribution in [0.25, 0.3) is 0 Å². The predicted molar refractivity (Wildman–Crippen MR) is 162 cm³/mol. The number of nitrogens with one attached hydrogen (secondary N) is 3. The zero-order valence-electron chi connectivity index (χ0n) is 25.2. The first-order valence-corrected chi connectivity index (χ1v) is 16.4. The normalized spacial score (nSPS) is 24.0. The van der Waals surface area contributed by atoms with Gasteiger partial charge in [0.25, 0.3) is 0 Å². The predicted octanol–water partition coefficient (Wildman–Crippen LogP) is 3.98. The summed E-state index contributed by atoms with van der Waals surface area (Å²) in [4.78, 5) is 13.6. The molecule has 1 spiro atoms. The minimum absolute atomic E-state index is 0.0875. The van der Waals surface area contributed by atoms with Crippen LogP contribution in [0, 0.1) is 23.4 Å². The fourth-order valence-corrected chi connectivity index (χ4v) is 8.47. The summed E-state index contributed by atoms with van der Waals surface area (Å²) >= 11 is 0. The van der Waals surface area contributed by atoms with E-state index in [9.17, 15) is 26.4 Å². The van der Waals surface area contributed by atoms with Crippen molar-refractivity contribution in [3.8, 4) is 0 Å². The summed E-state index contributed by atoms with van der Waals surface area (Å²) in [5, 5.41) is 13.0. The Hall–Kier alpha value is -4.01. The molecule has 1 aliphatic carbocycles. The topological polar surface area (TPSA) is 108 Å². The number of sulfonamides is 1. The van der Waals surface area contributed by atoms with E-state index in [-0.39, 0.29) is 41.3 Å². The molecule has 14 heteroatoms. The molecule has 3 aliphatic rings. The number of aryl methyl sites for hydroxylation is 1. The first kappa shape index (κ1) is 32.0. The first-order valence-electron chi connectivity index (χ1n) is 15.0. The van der Waals surface area contributed by atoms with Crippen LogP contribution in [0.5, 0.6) is 0 Å². The minimum Gasteiger partial charge on any atom is -0.381 e. The number of hydrogen-bond donors (Lipinski definition) is 3. The third-order valence-corrected chi connectivity index (χ3v) is 11.0. The van der Waals surface area contributed by atoms with E-state index in [1.807, 2.05) is 0 Å². The molecule has 9 nitrogen and oxygen atoms in total. The molecule has 3 aromatic rings. The number of carbonyl (C=O) groups excluding carboxylic acids is 1. The number of halogens is 4. The maximum atomic E-state index is 15.5. The number of piperazine rings is 1. The van der Waals surface area contributed by atoms with Crippen molar-refractivity contribution in [1.82, 2.24) is 30.0 Å². The Balaban J connectivity index is 1.26. The number of benzene rings is 2. The molecular weight excluding hydrogens is 624 g/mol. The third kappa shape index (κ3) is 6.20. The molecule has 0 radical (unpaired) electrons. The van der Waals surface area contributed by atoms with Gasteiger partial charge in [0, 0.05) is 68.8 Å². The molecule has 1 saturated carbocycles. The number of dihydropyridines is 1. The van der Waals surface area contributed by atoms with Crippen LogP contribution in [0.2, 0.25) is 0 Å². The molecule has 1 unspecified atom stereocenters. The number of aromatic nitrogens is 2. The van der Waals surface area contributed by atoms with Crippen molar-refractivity contribution >= 4 is 15.9 Å². The zero-order valence-corrected chi connectivity index (χ0v) is 26.1. The Kier molecular flexibility index (Phi) is 8.55. The van der Waals surface area contributed by atoms with Crippen molar-refractivity contribution < 1.29 is 30.8 Å². The van der Waals surface area contributed by atoms with Crippen LogP contribution < -0.4 is 16.0 Å². The van der Waals surface area contributed by atoms with Gasteiger partial charge in [-0.1, -0.05) is 12.1 Å². The second-order valence-electron chi connectivity index (χ2n) is 12.1. The SMILES string of the molecule is CC1NC=C(F)C(C[C@@H]2C[C@]23CNCCN3S(=O)(=O)c2cnn(C)c2)=C1NC(=O)C[C@@H](c1ccc(F)cc1)c1cc(F)cc(F)c1. The van der Waals surface area contributed by atoms with Gasteiger partial charge in [-0.05, 0) is 61.1 Å². The number of nitrogens with zero attached hydrogens (tertiary/aromatic N) is 3. The molecule has 1 saturated heterocycles. The quantitative estimate of drug-likeness (QED) is 0.301. The van der Waals surface area contributed by atoms with Gasteiger partial charge < -0.3 is 16.0 Å². The molecule has 1 amide bonds. The maximum absolute atomic E-state index is 15.5. The van der Waals surface area contributed by atoms with Gasteiger partial charge in [0.1, 0.15) is 28.2 Å². The average molecular weight is 659 g/mol. The van der Waals surface area contributed by atoms with Crippen molar-refractivity contribution in [3.63, 3.8) is 0 Å². The van der Waals surface area contributed by atoms with Gasteiger partial charge in [-0.3, -0.25) is 9.48 Å². The summed E-state index contributed by atoms with van der Waals surface area (Å²) in [6.07, 6.45) is 4.39. The Morgan fingerprint density at radius 2 is 1.80 bits per heavy atom. The third-order valence-electron chi connectivity index (χ3n) is 9.07. The number of rotatable bonds is 9. The molecule has 244 valence electrons. The fourth-order valence-electron chi connectivity index (χ4n) is 6.65. The lowest BCUT2D eigenvalue weighted by Gasteiger charge is -2.36. The van der Waals surface area contributed by atoms with E-state index in [1.54, 1.807) is 14.0 Å². The van der Waals surface area contributed by atoms with Crippen LogP contribution in [-0.2, 0) is 21.9 Å². The summed E-state index contributed by atoms with van der Waals surface area (Å²) in [7, 11) is -2.23. The second-order valence-corrected chi connectivity index (χ2v) is 14.0. The molecule has 3 N–H and O–H groups in total.